The third kappa shape index (κ3) is 3.31. The fraction of sp³-hybridized carbons (Fsp3) is 0.524. The number of amides is 1. The van der Waals surface area contributed by atoms with E-state index in [1.54, 1.807) is 20.7 Å². The van der Waals surface area contributed by atoms with Gasteiger partial charge in [-0.15, -0.1) is 0 Å². The van der Waals surface area contributed by atoms with Gasteiger partial charge in [-0.05, 0) is 51.7 Å². The summed E-state index contributed by atoms with van der Waals surface area (Å²) in [6.45, 7) is 11.5. The van der Waals surface area contributed by atoms with Crippen molar-refractivity contribution in [2.75, 3.05) is 24.5 Å². The molecular formula is C21H27N2OS3+. The first-order valence-corrected chi connectivity index (χ1v) is 12.3. The molecule has 0 radical (unpaired) electrons. The van der Waals surface area contributed by atoms with Crippen LogP contribution < -0.4 is 9.80 Å². The summed E-state index contributed by atoms with van der Waals surface area (Å²) in [5, 5.41) is 0. The predicted octanol–water partition coefficient (Wildman–Crippen LogP) is 4.41. The van der Waals surface area contributed by atoms with E-state index in [1.807, 2.05) is 4.90 Å². The first-order chi connectivity index (χ1) is 12.8. The molecule has 2 aliphatic heterocycles. The van der Waals surface area contributed by atoms with E-state index in [0.717, 1.165) is 34.1 Å². The fourth-order valence-corrected chi connectivity index (χ4v) is 7.71. The zero-order chi connectivity index (χ0) is 19.3. The van der Waals surface area contributed by atoms with Crippen molar-refractivity contribution in [3.05, 3.63) is 32.5 Å². The third-order valence-electron chi connectivity index (χ3n) is 6.04. The Kier molecular flexibility index (Phi) is 5.04. The van der Waals surface area contributed by atoms with Crippen molar-refractivity contribution in [2.24, 2.45) is 5.92 Å². The van der Waals surface area contributed by atoms with E-state index in [-0.39, 0.29) is 11.4 Å². The van der Waals surface area contributed by atoms with Crippen LogP contribution in [0.4, 0.5) is 5.69 Å². The Morgan fingerprint density at radius 1 is 1.30 bits per heavy atom. The Morgan fingerprint density at radius 3 is 2.70 bits per heavy atom. The Morgan fingerprint density at radius 2 is 2.00 bits per heavy atom. The smallest absolute Gasteiger partial charge is 0.282 e. The maximum Gasteiger partial charge on any atom is 0.282 e. The summed E-state index contributed by atoms with van der Waals surface area (Å²) in [6, 6.07) is 6.40. The van der Waals surface area contributed by atoms with Crippen LogP contribution in [0, 0.1) is 16.7 Å². The molecule has 1 aromatic carbocycles. The summed E-state index contributed by atoms with van der Waals surface area (Å²) in [6.07, 6.45) is 2.44. The SMILES string of the molecule is Cc1ccc2c(c1)-c1c(ssc1=S)C(C)(C)N2C(=O)C[NH+]1CCC(C)CC1. The van der Waals surface area contributed by atoms with E-state index in [4.69, 9.17) is 12.2 Å². The maximum absolute atomic E-state index is 13.5. The molecule has 4 rings (SSSR count). The van der Waals surface area contributed by atoms with Gasteiger partial charge in [0, 0.05) is 11.1 Å². The Bertz CT molecular complexity index is 935. The molecule has 0 aliphatic carbocycles. The number of nitrogens with one attached hydrogen (secondary N) is 1. The summed E-state index contributed by atoms with van der Waals surface area (Å²) >= 11 is 5.66. The Balaban J connectivity index is 1.74. The molecule has 2 aliphatic rings. The highest BCUT2D eigenvalue weighted by Crippen LogP contribution is 2.52. The second-order valence-electron chi connectivity index (χ2n) is 8.58. The summed E-state index contributed by atoms with van der Waals surface area (Å²) in [5.41, 5.74) is 4.15. The normalized spacial score (nSPS) is 23.6. The molecule has 1 aromatic heterocycles. The molecule has 1 N–H and O–H groups in total. The number of anilines is 1. The van der Waals surface area contributed by atoms with Gasteiger partial charge in [-0.25, -0.2) is 0 Å². The van der Waals surface area contributed by atoms with Crippen molar-refractivity contribution in [2.45, 2.75) is 46.1 Å². The molecule has 1 fully saturated rings. The number of hydrogen-bond donors (Lipinski definition) is 1. The molecule has 144 valence electrons. The molecule has 1 saturated heterocycles. The standard InChI is InChI=1S/C21H26N2OS3/c1-13-7-9-22(10-8-13)12-17(24)23-16-6-5-14(2)11-15(16)18-19(21(23,3)4)26-27-20(18)25/h5-6,11,13H,7-10,12H2,1-4H3/p+1. The minimum absolute atomic E-state index is 0.227. The number of rotatable bonds is 2. The minimum Gasteiger partial charge on any atom is -0.327 e. The van der Waals surface area contributed by atoms with Crippen molar-refractivity contribution in [3.8, 4) is 11.1 Å². The number of nitrogens with zero attached hydrogens (tertiary/aromatic N) is 1. The molecular weight excluding hydrogens is 392 g/mol. The highest BCUT2D eigenvalue weighted by molar-refractivity contribution is 7.80. The van der Waals surface area contributed by atoms with Crippen LogP contribution in [0.25, 0.3) is 11.1 Å². The van der Waals surface area contributed by atoms with E-state index < -0.39 is 0 Å². The van der Waals surface area contributed by atoms with Crippen LogP contribution >= 0.6 is 32.9 Å². The first kappa shape index (κ1) is 19.2. The molecule has 6 heteroatoms. The van der Waals surface area contributed by atoms with Gasteiger partial charge >= 0.3 is 0 Å². The zero-order valence-electron chi connectivity index (χ0n) is 16.4. The largest absolute Gasteiger partial charge is 0.327 e. The van der Waals surface area contributed by atoms with Crippen LogP contribution in [0.1, 0.15) is 44.1 Å². The van der Waals surface area contributed by atoms with Crippen LogP contribution in [-0.2, 0) is 10.3 Å². The number of hydrogen-bond acceptors (Lipinski definition) is 4. The lowest BCUT2D eigenvalue weighted by molar-refractivity contribution is -0.898. The van der Waals surface area contributed by atoms with Gasteiger partial charge in [0.1, 0.15) is 3.82 Å². The van der Waals surface area contributed by atoms with Gasteiger partial charge in [-0.3, -0.25) is 9.69 Å². The van der Waals surface area contributed by atoms with Crippen LogP contribution in [0.2, 0.25) is 0 Å². The number of piperidine rings is 1. The van der Waals surface area contributed by atoms with Gasteiger partial charge in [0.2, 0.25) is 0 Å². The van der Waals surface area contributed by atoms with E-state index in [1.165, 1.54) is 33.7 Å². The Labute approximate surface area is 174 Å². The van der Waals surface area contributed by atoms with Gasteiger partial charge < -0.3 is 4.90 Å². The number of carbonyl (C=O) groups is 1. The highest BCUT2D eigenvalue weighted by atomic mass is 32.9. The van der Waals surface area contributed by atoms with Crippen molar-refractivity contribution in [1.82, 2.24) is 0 Å². The van der Waals surface area contributed by atoms with Crippen molar-refractivity contribution >= 4 is 44.5 Å². The van der Waals surface area contributed by atoms with Crippen LogP contribution in [-0.4, -0.2) is 25.5 Å². The van der Waals surface area contributed by atoms with Crippen LogP contribution in [0.5, 0.6) is 0 Å². The van der Waals surface area contributed by atoms with Crippen LogP contribution in [0.3, 0.4) is 0 Å². The van der Waals surface area contributed by atoms with E-state index >= 15 is 0 Å². The van der Waals surface area contributed by atoms with E-state index in [9.17, 15) is 4.79 Å². The fourth-order valence-electron chi connectivity index (χ4n) is 4.43. The summed E-state index contributed by atoms with van der Waals surface area (Å²) in [5.74, 6) is 1.02. The zero-order valence-corrected chi connectivity index (χ0v) is 18.9. The average Bonchev–Trinajstić information content (AvgIpc) is 3.00. The van der Waals surface area contributed by atoms with Crippen molar-refractivity contribution in [3.63, 3.8) is 0 Å². The number of quaternary nitrogens is 1. The molecule has 1 amide bonds. The average molecular weight is 420 g/mol. The molecule has 27 heavy (non-hydrogen) atoms. The molecule has 0 saturated carbocycles. The van der Waals surface area contributed by atoms with Gasteiger partial charge in [-0.2, -0.15) is 0 Å². The molecule has 0 unspecified atom stereocenters. The highest BCUT2D eigenvalue weighted by Gasteiger charge is 2.43. The number of benzene rings is 1. The second kappa shape index (κ2) is 7.07. The van der Waals surface area contributed by atoms with Gasteiger partial charge in [0.15, 0.2) is 6.54 Å². The predicted molar refractivity (Wildman–Crippen MR) is 118 cm³/mol. The number of carbonyl (C=O) groups excluding carboxylic acids is 1. The number of likely N-dealkylation sites (tertiary alicyclic amines) is 1. The van der Waals surface area contributed by atoms with E-state index in [0.29, 0.717) is 6.54 Å². The molecule has 0 atom stereocenters. The molecule has 2 aromatic rings. The quantitative estimate of drug-likeness (QED) is 0.576. The third-order valence-corrected chi connectivity index (χ3v) is 9.37. The van der Waals surface area contributed by atoms with E-state index in [2.05, 4.69) is 45.9 Å². The van der Waals surface area contributed by atoms with Crippen molar-refractivity contribution in [1.29, 1.82) is 0 Å². The van der Waals surface area contributed by atoms with Gasteiger partial charge in [0.25, 0.3) is 5.91 Å². The second-order valence-corrected chi connectivity index (χ2v) is 11.4. The van der Waals surface area contributed by atoms with Crippen LogP contribution in [0.15, 0.2) is 18.2 Å². The summed E-state index contributed by atoms with van der Waals surface area (Å²) in [7, 11) is 3.39. The first-order valence-electron chi connectivity index (χ1n) is 9.70. The lowest BCUT2D eigenvalue weighted by Gasteiger charge is -2.43. The summed E-state index contributed by atoms with van der Waals surface area (Å²) in [4.78, 5) is 18.2. The number of aryl methyl sites for hydroxylation is 1. The monoisotopic (exact) mass is 419 g/mol. The Hall–Kier alpha value is -1.08. The molecule has 0 bridgehead atoms. The molecule has 0 spiro atoms. The molecule has 3 heterocycles. The molecule has 3 nitrogen and oxygen atoms in total. The lowest BCUT2D eigenvalue weighted by atomic mass is 9.86. The van der Waals surface area contributed by atoms with Gasteiger partial charge in [0.05, 0.1) is 29.2 Å². The minimum atomic E-state index is -0.366. The summed E-state index contributed by atoms with van der Waals surface area (Å²) < 4.78 is 0.942. The maximum atomic E-state index is 13.5. The number of fused-ring (bicyclic) bond motifs is 3. The lowest BCUT2D eigenvalue weighted by Crippen LogP contribution is -3.14. The van der Waals surface area contributed by atoms with Crippen molar-refractivity contribution < 1.29 is 9.69 Å². The topological polar surface area (TPSA) is 24.8 Å². The van der Waals surface area contributed by atoms with Gasteiger partial charge in [-0.1, -0.05) is 51.5 Å².